The van der Waals surface area contributed by atoms with Crippen molar-refractivity contribution >= 4 is 17.6 Å². The summed E-state index contributed by atoms with van der Waals surface area (Å²) in [6, 6.07) is 8.15. The summed E-state index contributed by atoms with van der Waals surface area (Å²) in [6.45, 7) is 4.56. The largest absolute Gasteiger partial charge is 0.495 e. The number of carbonyl (C=O) groups is 1. The number of nitrogens with zero attached hydrogens (tertiary/aromatic N) is 3. The molecular formula is C20H32N4O3. The third-order valence-corrected chi connectivity index (χ3v) is 4.79. The number of para-hydroxylation sites is 2. The number of benzene rings is 1. The fraction of sp³-hybridized carbons (Fsp3) is 0.600. The number of hydrogen-bond donors (Lipinski definition) is 1. The number of unbranched alkanes of at least 4 members (excludes halogenated alkanes) is 2. The Bertz CT molecular complexity index is 613. The van der Waals surface area contributed by atoms with E-state index in [1.54, 1.807) is 7.11 Å². The van der Waals surface area contributed by atoms with Crippen molar-refractivity contribution in [2.45, 2.75) is 25.7 Å². The molecule has 0 radical (unpaired) electrons. The second-order valence-corrected chi connectivity index (χ2v) is 6.51. The van der Waals surface area contributed by atoms with Gasteiger partial charge in [0.25, 0.3) is 0 Å². The molecule has 0 aromatic heterocycles. The molecule has 0 amide bonds. The quantitative estimate of drug-likeness (QED) is 0.324. The maximum Gasteiger partial charge on any atom is 0.305 e. The molecule has 7 nitrogen and oxygen atoms in total. The van der Waals surface area contributed by atoms with E-state index in [1.807, 2.05) is 25.2 Å². The van der Waals surface area contributed by atoms with Crippen molar-refractivity contribution in [3.05, 3.63) is 24.3 Å². The summed E-state index contributed by atoms with van der Waals surface area (Å²) < 4.78 is 10.1. The predicted molar refractivity (Wildman–Crippen MR) is 109 cm³/mol. The van der Waals surface area contributed by atoms with Gasteiger partial charge in [0, 0.05) is 46.2 Å². The highest BCUT2D eigenvalue weighted by Gasteiger charge is 2.21. The Morgan fingerprint density at radius 3 is 2.52 bits per heavy atom. The fourth-order valence-corrected chi connectivity index (χ4v) is 3.26. The van der Waals surface area contributed by atoms with Gasteiger partial charge in [-0.1, -0.05) is 18.6 Å². The Morgan fingerprint density at radius 1 is 1.11 bits per heavy atom. The lowest BCUT2D eigenvalue weighted by molar-refractivity contribution is -0.140. The standard InChI is InChI=1S/C20H32N4O3/c1-21-20(22-12-8-4-5-11-19(25)27-3)24-15-13-23(14-16-24)17-9-6-7-10-18(17)26-2/h6-7,9-10H,4-5,8,11-16H2,1-3H3,(H,21,22). The van der Waals surface area contributed by atoms with Crippen LogP contribution in [-0.2, 0) is 9.53 Å². The maximum atomic E-state index is 11.1. The van der Waals surface area contributed by atoms with E-state index in [0.717, 1.165) is 69.4 Å². The number of esters is 1. The molecule has 1 aliphatic rings. The van der Waals surface area contributed by atoms with Crippen molar-refractivity contribution in [3.8, 4) is 5.75 Å². The van der Waals surface area contributed by atoms with E-state index in [4.69, 9.17) is 4.74 Å². The second-order valence-electron chi connectivity index (χ2n) is 6.51. The van der Waals surface area contributed by atoms with Crippen LogP contribution in [0.4, 0.5) is 5.69 Å². The molecule has 0 unspecified atom stereocenters. The van der Waals surface area contributed by atoms with Gasteiger partial charge < -0.3 is 24.6 Å². The third kappa shape index (κ3) is 6.34. The van der Waals surface area contributed by atoms with E-state index in [-0.39, 0.29) is 5.97 Å². The average Bonchev–Trinajstić information content (AvgIpc) is 2.73. The highest BCUT2D eigenvalue weighted by Crippen LogP contribution is 2.28. The van der Waals surface area contributed by atoms with Gasteiger partial charge in [0.15, 0.2) is 5.96 Å². The smallest absolute Gasteiger partial charge is 0.305 e. The number of anilines is 1. The van der Waals surface area contributed by atoms with E-state index >= 15 is 0 Å². The van der Waals surface area contributed by atoms with Crippen LogP contribution in [0.1, 0.15) is 25.7 Å². The summed E-state index contributed by atoms with van der Waals surface area (Å²) >= 11 is 0. The molecule has 1 saturated heterocycles. The van der Waals surface area contributed by atoms with E-state index in [9.17, 15) is 4.79 Å². The van der Waals surface area contributed by atoms with Crippen molar-refractivity contribution in [1.29, 1.82) is 0 Å². The van der Waals surface area contributed by atoms with Gasteiger partial charge in [-0.2, -0.15) is 0 Å². The van der Waals surface area contributed by atoms with Crippen LogP contribution in [0, 0.1) is 0 Å². The van der Waals surface area contributed by atoms with E-state index in [1.165, 1.54) is 7.11 Å². The molecule has 1 aromatic rings. The van der Waals surface area contributed by atoms with Crippen LogP contribution >= 0.6 is 0 Å². The van der Waals surface area contributed by atoms with Gasteiger partial charge in [-0.25, -0.2) is 0 Å². The van der Waals surface area contributed by atoms with Gasteiger partial charge in [-0.3, -0.25) is 9.79 Å². The highest BCUT2D eigenvalue weighted by atomic mass is 16.5. The summed E-state index contributed by atoms with van der Waals surface area (Å²) in [4.78, 5) is 20.2. The van der Waals surface area contributed by atoms with Crippen LogP contribution in [0.3, 0.4) is 0 Å². The number of hydrogen-bond acceptors (Lipinski definition) is 5. The van der Waals surface area contributed by atoms with Gasteiger partial charge >= 0.3 is 5.97 Å². The first kappa shape index (κ1) is 20.9. The van der Waals surface area contributed by atoms with Crippen LogP contribution in [-0.4, -0.2) is 70.8 Å². The van der Waals surface area contributed by atoms with Gasteiger partial charge in [0.05, 0.1) is 19.9 Å². The summed E-state index contributed by atoms with van der Waals surface area (Å²) in [6.07, 6.45) is 3.37. The fourth-order valence-electron chi connectivity index (χ4n) is 3.26. The third-order valence-electron chi connectivity index (χ3n) is 4.79. The molecule has 0 aliphatic carbocycles. The monoisotopic (exact) mass is 376 g/mol. The van der Waals surface area contributed by atoms with E-state index in [0.29, 0.717) is 6.42 Å². The number of carbonyl (C=O) groups excluding carboxylic acids is 1. The second kappa shape index (κ2) is 11.3. The average molecular weight is 377 g/mol. The van der Waals surface area contributed by atoms with Gasteiger partial charge in [0.2, 0.25) is 0 Å². The lowest BCUT2D eigenvalue weighted by Gasteiger charge is -2.38. The zero-order valence-electron chi connectivity index (χ0n) is 16.7. The van der Waals surface area contributed by atoms with E-state index < -0.39 is 0 Å². The lowest BCUT2D eigenvalue weighted by Crippen LogP contribution is -2.52. The molecule has 2 rings (SSSR count). The molecule has 1 heterocycles. The molecule has 1 N–H and O–H groups in total. The zero-order valence-corrected chi connectivity index (χ0v) is 16.7. The first-order valence-corrected chi connectivity index (χ1v) is 9.60. The van der Waals surface area contributed by atoms with Crippen molar-refractivity contribution < 1.29 is 14.3 Å². The topological polar surface area (TPSA) is 66.4 Å². The number of ether oxygens (including phenoxy) is 2. The summed E-state index contributed by atoms with van der Waals surface area (Å²) in [7, 11) is 4.97. The van der Waals surface area contributed by atoms with Crippen LogP contribution in [0.5, 0.6) is 5.75 Å². The Morgan fingerprint density at radius 2 is 1.85 bits per heavy atom. The molecule has 0 saturated carbocycles. The van der Waals surface area contributed by atoms with Crippen LogP contribution in [0.15, 0.2) is 29.3 Å². The first-order chi connectivity index (χ1) is 13.2. The summed E-state index contributed by atoms with van der Waals surface area (Å²) in [5, 5.41) is 3.43. The highest BCUT2D eigenvalue weighted by molar-refractivity contribution is 5.80. The van der Waals surface area contributed by atoms with Crippen molar-refractivity contribution in [1.82, 2.24) is 10.2 Å². The minimum Gasteiger partial charge on any atom is -0.495 e. The molecule has 7 heteroatoms. The Kier molecular flexibility index (Phi) is 8.74. The SMILES string of the molecule is CN=C(NCCCCCC(=O)OC)N1CCN(c2ccccc2OC)CC1. The lowest BCUT2D eigenvalue weighted by atomic mass is 10.2. The van der Waals surface area contributed by atoms with Crippen molar-refractivity contribution in [2.75, 3.05) is 58.9 Å². The van der Waals surface area contributed by atoms with Crippen LogP contribution < -0.4 is 15.0 Å². The molecular weight excluding hydrogens is 344 g/mol. The minimum atomic E-state index is -0.133. The number of guanidine groups is 1. The maximum absolute atomic E-state index is 11.1. The minimum absolute atomic E-state index is 0.133. The zero-order chi connectivity index (χ0) is 19.5. The van der Waals surface area contributed by atoms with Gasteiger partial charge in [-0.15, -0.1) is 0 Å². The molecule has 150 valence electrons. The summed E-state index contributed by atoms with van der Waals surface area (Å²) in [5.74, 6) is 1.73. The first-order valence-electron chi connectivity index (χ1n) is 9.60. The van der Waals surface area contributed by atoms with E-state index in [2.05, 4.69) is 30.9 Å². The Labute approximate surface area is 162 Å². The molecule has 0 bridgehead atoms. The molecule has 1 fully saturated rings. The number of rotatable bonds is 8. The summed E-state index contributed by atoms with van der Waals surface area (Å²) in [5.41, 5.74) is 1.15. The molecule has 1 aliphatic heterocycles. The number of aliphatic imine (C=N–C) groups is 1. The Hall–Kier alpha value is -2.44. The van der Waals surface area contributed by atoms with Crippen molar-refractivity contribution in [2.24, 2.45) is 4.99 Å². The number of methoxy groups -OCH3 is 2. The van der Waals surface area contributed by atoms with Crippen molar-refractivity contribution in [3.63, 3.8) is 0 Å². The Balaban J connectivity index is 1.73. The molecule has 0 atom stereocenters. The molecule has 27 heavy (non-hydrogen) atoms. The predicted octanol–water partition coefficient (Wildman–Crippen LogP) is 2.13. The number of nitrogens with one attached hydrogen (secondary N) is 1. The van der Waals surface area contributed by atoms with Gasteiger partial charge in [-0.05, 0) is 25.0 Å². The number of piperazine rings is 1. The molecule has 0 spiro atoms. The van der Waals surface area contributed by atoms with Crippen LogP contribution in [0.25, 0.3) is 0 Å². The van der Waals surface area contributed by atoms with Gasteiger partial charge in [0.1, 0.15) is 5.75 Å². The van der Waals surface area contributed by atoms with Crippen LogP contribution in [0.2, 0.25) is 0 Å². The normalized spacial score (nSPS) is 14.9. The molecule has 1 aromatic carbocycles.